The van der Waals surface area contributed by atoms with E-state index >= 15 is 0 Å². The summed E-state index contributed by atoms with van der Waals surface area (Å²) in [7, 11) is 0. The number of aromatic amines is 1. The van der Waals surface area contributed by atoms with Crippen LogP contribution in [0.25, 0.3) is 0 Å². The van der Waals surface area contributed by atoms with Crippen molar-refractivity contribution in [3.8, 4) is 0 Å². The van der Waals surface area contributed by atoms with Crippen molar-refractivity contribution < 1.29 is 31.0 Å². The second kappa shape index (κ2) is 6.03. The van der Waals surface area contributed by atoms with Crippen LogP contribution in [0.15, 0.2) is 6.33 Å². The van der Waals surface area contributed by atoms with Crippen LogP contribution in [0.1, 0.15) is 1.43 Å². The van der Waals surface area contributed by atoms with Crippen LogP contribution in [0.3, 0.4) is 0 Å². The molecular formula is CH6N5Na. The van der Waals surface area contributed by atoms with Gasteiger partial charge in [-0.2, -0.15) is 5.21 Å². The molecule has 0 unspecified atom stereocenters. The predicted octanol–water partition coefficient (Wildman–Crippen LogP) is -3.52. The summed E-state index contributed by atoms with van der Waals surface area (Å²) < 4.78 is 0. The van der Waals surface area contributed by atoms with Crippen molar-refractivity contribution in [3.05, 3.63) is 6.33 Å². The van der Waals surface area contributed by atoms with Gasteiger partial charge in [-0.1, -0.05) is 5.21 Å². The van der Waals surface area contributed by atoms with Gasteiger partial charge in [-0.3, -0.25) is 0 Å². The first kappa shape index (κ1) is 10.1. The van der Waals surface area contributed by atoms with E-state index in [1.54, 1.807) is 0 Å². The van der Waals surface area contributed by atoms with Gasteiger partial charge in [-0.15, -0.1) is 10.2 Å². The van der Waals surface area contributed by atoms with E-state index in [4.69, 9.17) is 0 Å². The third kappa shape index (κ3) is 3.87. The molecule has 36 valence electrons. The first-order chi connectivity index (χ1) is 2.50. The SMILES string of the molecule is N.[H-].[Na+].c1nn[nH]n1. The fourth-order valence-electron chi connectivity index (χ4n) is 0.129. The van der Waals surface area contributed by atoms with E-state index in [9.17, 15) is 0 Å². The van der Waals surface area contributed by atoms with Crippen molar-refractivity contribution in [1.82, 2.24) is 26.8 Å². The molecule has 0 aliphatic heterocycles. The summed E-state index contributed by atoms with van der Waals surface area (Å²) in [6, 6.07) is 0. The Bertz CT molecular complexity index is 68.9. The molecule has 5 nitrogen and oxygen atoms in total. The molecule has 7 heavy (non-hydrogen) atoms. The summed E-state index contributed by atoms with van der Waals surface area (Å²) in [6.07, 6.45) is 1.33. The summed E-state index contributed by atoms with van der Waals surface area (Å²) in [4.78, 5) is 0. The number of aromatic nitrogens is 4. The van der Waals surface area contributed by atoms with Crippen molar-refractivity contribution in [2.24, 2.45) is 0 Å². The minimum atomic E-state index is 0. The minimum Gasteiger partial charge on any atom is -1.00 e. The van der Waals surface area contributed by atoms with Crippen LogP contribution in [0.4, 0.5) is 0 Å². The summed E-state index contributed by atoms with van der Waals surface area (Å²) in [5.74, 6) is 0. The molecule has 0 aliphatic carbocycles. The molecule has 1 rings (SSSR count). The molecule has 1 aromatic rings. The fourth-order valence-corrected chi connectivity index (χ4v) is 0.129. The van der Waals surface area contributed by atoms with Crippen LogP contribution < -0.4 is 35.7 Å². The van der Waals surface area contributed by atoms with E-state index < -0.39 is 0 Å². The van der Waals surface area contributed by atoms with Crippen LogP contribution in [0.2, 0.25) is 0 Å². The van der Waals surface area contributed by atoms with Gasteiger partial charge >= 0.3 is 29.6 Å². The number of nitrogens with one attached hydrogen (secondary N) is 1. The summed E-state index contributed by atoms with van der Waals surface area (Å²) in [5.41, 5.74) is 0. The molecule has 0 bridgehead atoms. The van der Waals surface area contributed by atoms with Crippen LogP contribution in [-0.2, 0) is 0 Å². The zero-order valence-electron chi connectivity index (χ0n) is 5.13. The van der Waals surface area contributed by atoms with Crippen LogP contribution in [0, 0.1) is 0 Å². The van der Waals surface area contributed by atoms with Crippen molar-refractivity contribution >= 4 is 0 Å². The third-order valence-corrected chi connectivity index (χ3v) is 0.270. The summed E-state index contributed by atoms with van der Waals surface area (Å²) in [6.45, 7) is 0. The molecule has 0 spiro atoms. The molecule has 0 fully saturated rings. The standard InChI is InChI=1S/CH2N4.H3N.Na.H/c1-2-4-5-3-1;;;/h1H,(H,2,3,4,5);1H3;;/q;;+1;-1. The van der Waals surface area contributed by atoms with Crippen molar-refractivity contribution in [1.29, 1.82) is 0 Å². The molecule has 0 amide bonds. The van der Waals surface area contributed by atoms with Crippen molar-refractivity contribution in [2.45, 2.75) is 0 Å². The van der Waals surface area contributed by atoms with Gasteiger partial charge in [0.15, 0.2) is 6.33 Å². The zero-order valence-corrected chi connectivity index (χ0v) is 6.13. The third-order valence-electron chi connectivity index (χ3n) is 0.270. The maximum Gasteiger partial charge on any atom is 1.00 e. The first-order valence-electron chi connectivity index (χ1n) is 1.16. The smallest absolute Gasteiger partial charge is 1.00 e. The number of nitrogens with zero attached hydrogens (tertiary/aromatic N) is 3. The van der Waals surface area contributed by atoms with Gasteiger partial charge in [-0.25, -0.2) is 0 Å². The van der Waals surface area contributed by atoms with Gasteiger partial charge < -0.3 is 7.58 Å². The number of rotatable bonds is 0. The molecule has 0 aliphatic rings. The molecule has 0 radical (unpaired) electrons. The van der Waals surface area contributed by atoms with E-state index in [-0.39, 0.29) is 37.1 Å². The Labute approximate surface area is 64.2 Å². The van der Waals surface area contributed by atoms with Crippen molar-refractivity contribution in [3.63, 3.8) is 0 Å². The molecule has 6 heteroatoms. The Morgan fingerprint density at radius 2 is 2.29 bits per heavy atom. The molecule has 0 saturated heterocycles. The number of H-pyrrole nitrogens is 1. The molecule has 4 N–H and O–H groups in total. The van der Waals surface area contributed by atoms with E-state index in [2.05, 4.69) is 20.6 Å². The molecule has 1 heterocycles. The number of hydrogen-bond acceptors (Lipinski definition) is 4. The summed E-state index contributed by atoms with van der Waals surface area (Å²) >= 11 is 0. The van der Waals surface area contributed by atoms with Gasteiger partial charge in [0.25, 0.3) is 0 Å². The maximum atomic E-state index is 3.38. The second-order valence-corrected chi connectivity index (χ2v) is 0.560. The molecular weight excluding hydrogens is 105 g/mol. The normalized spacial score (nSPS) is 5.71. The summed E-state index contributed by atoms with van der Waals surface area (Å²) in [5, 5.41) is 12.2. The zero-order chi connectivity index (χ0) is 3.54. The maximum absolute atomic E-state index is 3.38. The van der Waals surface area contributed by atoms with Gasteiger partial charge in [-0.05, 0) is 0 Å². The minimum absolute atomic E-state index is 0. The second-order valence-electron chi connectivity index (χ2n) is 0.560. The Hall–Kier alpha value is 0.0300. The van der Waals surface area contributed by atoms with Crippen LogP contribution in [0.5, 0.6) is 0 Å². The van der Waals surface area contributed by atoms with Gasteiger partial charge in [0.05, 0.1) is 0 Å². The molecule has 1 aromatic heterocycles. The van der Waals surface area contributed by atoms with Crippen LogP contribution >= 0.6 is 0 Å². The van der Waals surface area contributed by atoms with E-state index in [1.807, 2.05) is 0 Å². The molecule has 0 aromatic carbocycles. The largest absolute Gasteiger partial charge is 1.00 e. The Morgan fingerprint density at radius 3 is 2.43 bits per heavy atom. The van der Waals surface area contributed by atoms with Crippen molar-refractivity contribution in [2.75, 3.05) is 0 Å². The topological polar surface area (TPSA) is 89.5 Å². The Balaban J connectivity index is -0.0000000833. The average Bonchev–Trinajstić information content (AvgIpc) is 1.76. The Morgan fingerprint density at radius 1 is 1.57 bits per heavy atom. The van der Waals surface area contributed by atoms with E-state index in [0.717, 1.165) is 0 Å². The first-order valence-corrected chi connectivity index (χ1v) is 1.16. The quantitative estimate of drug-likeness (QED) is 0.339. The number of tetrazole rings is 1. The number of hydrogen-bond donors (Lipinski definition) is 2. The average molecular weight is 111 g/mol. The van der Waals surface area contributed by atoms with Gasteiger partial charge in [0.1, 0.15) is 0 Å². The molecule has 0 atom stereocenters. The predicted molar refractivity (Wildman–Crippen MR) is 20.3 cm³/mol. The van der Waals surface area contributed by atoms with E-state index in [1.165, 1.54) is 6.33 Å². The van der Waals surface area contributed by atoms with Gasteiger partial charge in [0.2, 0.25) is 0 Å². The van der Waals surface area contributed by atoms with Gasteiger partial charge in [0, 0.05) is 0 Å². The van der Waals surface area contributed by atoms with E-state index in [0.29, 0.717) is 0 Å². The fraction of sp³-hybridized carbons (Fsp3) is 0. The monoisotopic (exact) mass is 111 g/mol. The van der Waals surface area contributed by atoms with Crippen LogP contribution in [-0.4, -0.2) is 20.6 Å². The molecule has 0 saturated carbocycles. The Kier molecular flexibility index (Phi) is 8.70.